The first kappa shape index (κ1) is 18.9. The Balaban J connectivity index is 1.26. The molecule has 0 aliphatic carbocycles. The van der Waals surface area contributed by atoms with Gasteiger partial charge in [0.25, 0.3) is 5.56 Å². The van der Waals surface area contributed by atoms with E-state index in [2.05, 4.69) is 15.0 Å². The quantitative estimate of drug-likeness (QED) is 0.515. The number of piperidine rings is 1. The van der Waals surface area contributed by atoms with Crippen LogP contribution >= 0.6 is 0 Å². The number of fused-ring (bicyclic) bond motifs is 2. The van der Waals surface area contributed by atoms with Gasteiger partial charge in [-0.2, -0.15) is 0 Å². The summed E-state index contributed by atoms with van der Waals surface area (Å²) in [6.07, 6.45) is 1.92. The number of para-hydroxylation sites is 1. The summed E-state index contributed by atoms with van der Waals surface area (Å²) in [5.41, 5.74) is 2.20. The first-order valence-corrected chi connectivity index (χ1v) is 10.3. The lowest BCUT2D eigenvalue weighted by Gasteiger charge is -2.31. The maximum Gasteiger partial charge on any atom is 0.261 e. The van der Waals surface area contributed by atoms with E-state index < -0.39 is 0 Å². The number of aromatic nitrogens is 3. The van der Waals surface area contributed by atoms with Gasteiger partial charge in [0, 0.05) is 30.5 Å². The highest BCUT2D eigenvalue weighted by Gasteiger charge is 2.25. The van der Waals surface area contributed by atoms with Crippen LogP contribution in [0.5, 0.6) is 0 Å². The molecule has 1 fully saturated rings. The number of likely N-dealkylation sites (tertiary alicyclic amines) is 1. The largest absolute Gasteiger partial charge is 0.356 e. The Hall–Kier alpha value is -3.06. The zero-order chi connectivity index (χ0) is 20.7. The van der Waals surface area contributed by atoms with Crippen molar-refractivity contribution < 1.29 is 8.91 Å². The summed E-state index contributed by atoms with van der Waals surface area (Å²) in [5.74, 6) is 0.739. The number of halogens is 1. The third-order valence-electron chi connectivity index (χ3n) is 6.13. The number of hydrogen-bond acceptors (Lipinski definition) is 5. The van der Waals surface area contributed by atoms with Gasteiger partial charge in [-0.05, 0) is 57.1 Å². The maximum atomic E-state index is 13.4. The second-order valence-corrected chi connectivity index (χ2v) is 7.96. The highest BCUT2D eigenvalue weighted by molar-refractivity contribution is 5.80. The lowest BCUT2D eigenvalue weighted by molar-refractivity contribution is 0.201. The fourth-order valence-electron chi connectivity index (χ4n) is 4.44. The molecule has 3 heterocycles. The number of nitrogens with zero attached hydrogens (tertiary/aromatic N) is 4. The molecule has 30 heavy (non-hydrogen) atoms. The summed E-state index contributed by atoms with van der Waals surface area (Å²) in [6, 6.07) is 12.1. The van der Waals surface area contributed by atoms with E-state index in [0.717, 1.165) is 54.9 Å². The van der Waals surface area contributed by atoms with Crippen LogP contribution in [0.2, 0.25) is 0 Å². The molecule has 0 saturated carbocycles. The van der Waals surface area contributed by atoms with Crippen molar-refractivity contribution in [3.63, 3.8) is 0 Å². The van der Waals surface area contributed by atoms with Gasteiger partial charge in [-0.3, -0.25) is 9.36 Å². The van der Waals surface area contributed by atoms with Crippen LogP contribution in [0.3, 0.4) is 0 Å². The van der Waals surface area contributed by atoms with Crippen LogP contribution in [0, 0.1) is 12.7 Å². The summed E-state index contributed by atoms with van der Waals surface area (Å²) in [6.45, 7) is 5.17. The Bertz CT molecular complexity index is 1270. The van der Waals surface area contributed by atoms with E-state index in [1.165, 1.54) is 12.1 Å². The molecule has 1 aliphatic heterocycles. The van der Waals surface area contributed by atoms with Gasteiger partial charge >= 0.3 is 0 Å². The molecule has 0 radical (unpaired) electrons. The third-order valence-corrected chi connectivity index (χ3v) is 6.13. The van der Waals surface area contributed by atoms with Gasteiger partial charge in [0.05, 0.1) is 16.6 Å². The molecule has 7 heteroatoms. The molecule has 0 spiro atoms. The normalized spacial score (nSPS) is 15.9. The molecule has 6 nitrogen and oxygen atoms in total. The molecule has 0 atom stereocenters. The Morgan fingerprint density at radius 1 is 1.10 bits per heavy atom. The maximum absolute atomic E-state index is 13.4. The minimum atomic E-state index is -0.311. The molecular weight excluding hydrogens is 383 g/mol. The monoisotopic (exact) mass is 406 g/mol. The van der Waals surface area contributed by atoms with E-state index in [0.29, 0.717) is 23.4 Å². The van der Waals surface area contributed by atoms with Crippen molar-refractivity contribution in [1.29, 1.82) is 0 Å². The van der Waals surface area contributed by atoms with Crippen molar-refractivity contribution in [2.45, 2.75) is 32.2 Å². The van der Waals surface area contributed by atoms with Crippen LogP contribution in [0.25, 0.3) is 21.9 Å². The molecule has 1 saturated heterocycles. The summed E-state index contributed by atoms with van der Waals surface area (Å²) < 4.78 is 20.5. The Kier molecular flexibility index (Phi) is 4.83. The first-order valence-electron chi connectivity index (χ1n) is 10.3. The van der Waals surface area contributed by atoms with Crippen molar-refractivity contribution in [2.24, 2.45) is 0 Å². The van der Waals surface area contributed by atoms with E-state index in [-0.39, 0.29) is 11.4 Å². The number of benzene rings is 2. The lowest BCUT2D eigenvalue weighted by Crippen LogP contribution is -2.37. The van der Waals surface area contributed by atoms with Gasteiger partial charge in [0.1, 0.15) is 11.6 Å². The fraction of sp³-hybridized carbons (Fsp3) is 0.348. The third kappa shape index (κ3) is 3.39. The predicted octanol–water partition coefficient (Wildman–Crippen LogP) is 3.86. The molecule has 0 bridgehead atoms. The lowest BCUT2D eigenvalue weighted by atomic mass is 9.91. The fourth-order valence-corrected chi connectivity index (χ4v) is 4.44. The number of rotatable bonds is 4. The summed E-state index contributed by atoms with van der Waals surface area (Å²) in [7, 11) is 0. The molecule has 0 amide bonds. The van der Waals surface area contributed by atoms with Crippen LogP contribution in [0.1, 0.15) is 30.3 Å². The highest BCUT2D eigenvalue weighted by atomic mass is 19.1. The standard InChI is InChI=1S/C23H23FN4O2/c1-15-25-20-5-3-2-4-18(20)23(29)28(15)13-12-27-10-8-16(9-11-27)22-19-7-6-17(24)14-21(19)30-26-22/h2-7,14,16H,8-13H2,1H3. The van der Waals surface area contributed by atoms with Crippen LogP contribution in [0.4, 0.5) is 4.39 Å². The van der Waals surface area contributed by atoms with Crippen LogP contribution < -0.4 is 5.56 Å². The van der Waals surface area contributed by atoms with Crippen LogP contribution in [-0.2, 0) is 6.54 Å². The van der Waals surface area contributed by atoms with Gasteiger partial charge in [0.2, 0.25) is 0 Å². The average Bonchev–Trinajstić information content (AvgIpc) is 3.17. The van der Waals surface area contributed by atoms with E-state index in [9.17, 15) is 9.18 Å². The molecule has 1 aliphatic rings. The second-order valence-electron chi connectivity index (χ2n) is 7.96. The minimum Gasteiger partial charge on any atom is -0.356 e. The average molecular weight is 406 g/mol. The first-order chi connectivity index (χ1) is 14.6. The van der Waals surface area contributed by atoms with Crippen molar-refractivity contribution in [3.8, 4) is 0 Å². The molecule has 2 aromatic heterocycles. The molecule has 4 aromatic rings. The molecule has 0 unspecified atom stereocenters. The van der Waals surface area contributed by atoms with Crippen molar-refractivity contribution in [2.75, 3.05) is 19.6 Å². The van der Waals surface area contributed by atoms with E-state index in [4.69, 9.17) is 4.52 Å². The summed E-state index contributed by atoms with van der Waals surface area (Å²) >= 11 is 0. The number of aryl methyl sites for hydroxylation is 1. The molecule has 5 rings (SSSR count). The highest BCUT2D eigenvalue weighted by Crippen LogP contribution is 2.32. The summed E-state index contributed by atoms with van der Waals surface area (Å²) in [5, 5.41) is 5.78. The van der Waals surface area contributed by atoms with Crippen molar-refractivity contribution in [3.05, 3.63) is 70.2 Å². The van der Waals surface area contributed by atoms with E-state index in [1.807, 2.05) is 31.2 Å². The van der Waals surface area contributed by atoms with Gasteiger partial charge in [-0.1, -0.05) is 17.3 Å². The van der Waals surface area contributed by atoms with E-state index in [1.54, 1.807) is 10.6 Å². The zero-order valence-corrected chi connectivity index (χ0v) is 16.8. The van der Waals surface area contributed by atoms with E-state index >= 15 is 0 Å². The Morgan fingerprint density at radius 3 is 2.73 bits per heavy atom. The van der Waals surface area contributed by atoms with Gasteiger partial charge in [0.15, 0.2) is 5.58 Å². The Labute approximate surface area is 172 Å². The van der Waals surface area contributed by atoms with Crippen LogP contribution in [-0.4, -0.2) is 39.2 Å². The number of hydrogen-bond donors (Lipinski definition) is 0. The molecule has 0 N–H and O–H groups in total. The van der Waals surface area contributed by atoms with Gasteiger partial charge in [-0.25, -0.2) is 9.37 Å². The summed E-state index contributed by atoms with van der Waals surface area (Å²) in [4.78, 5) is 19.8. The Morgan fingerprint density at radius 2 is 1.90 bits per heavy atom. The second kappa shape index (κ2) is 7.65. The van der Waals surface area contributed by atoms with Crippen molar-refractivity contribution >= 4 is 21.9 Å². The van der Waals surface area contributed by atoms with Gasteiger partial charge < -0.3 is 9.42 Å². The smallest absolute Gasteiger partial charge is 0.261 e. The van der Waals surface area contributed by atoms with Gasteiger partial charge in [-0.15, -0.1) is 0 Å². The minimum absolute atomic E-state index is 0.0225. The topological polar surface area (TPSA) is 64.2 Å². The molecular formula is C23H23FN4O2. The molecule has 154 valence electrons. The SMILES string of the molecule is Cc1nc2ccccc2c(=O)n1CCN1CCC(c2noc3cc(F)ccc23)CC1. The predicted molar refractivity (Wildman–Crippen MR) is 113 cm³/mol. The zero-order valence-electron chi connectivity index (χ0n) is 16.8. The van der Waals surface area contributed by atoms with Crippen LogP contribution in [0.15, 0.2) is 51.8 Å². The van der Waals surface area contributed by atoms with Crippen molar-refractivity contribution in [1.82, 2.24) is 19.6 Å². The molecule has 2 aromatic carbocycles.